The number of phenolic OH excluding ortho intramolecular Hbond substituents is 1. The number of nitrogens with one attached hydrogen (secondary N) is 2. The van der Waals surface area contributed by atoms with Gasteiger partial charge in [0.25, 0.3) is 0 Å². The first kappa shape index (κ1) is 18.7. The summed E-state index contributed by atoms with van der Waals surface area (Å²) in [6.07, 6.45) is 0.867. The summed E-state index contributed by atoms with van der Waals surface area (Å²) in [6, 6.07) is 10.8. The highest BCUT2D eigenvalue weighted by Crippen LogP contribution is 2.32. The quantitative estimate of drug-likeness (QED) is 0.553. The monoisotopic (exact) mass is 371 g/mol. The number of ether oxygens (including phenoxy) is 3. The van der Waals surface area contributed by atoms with Crippen LogP contribution < -0.4 is 24.8 Å². The molecule has 144 valence electrons. The van der Waals surface area contributed by atoms with Crippen molar-refractivity contribution in [2.45, 2.75) is 19.9 Å². The number of guanidine groups is 1. The first-order chi connectivity index (χ1) is 13.2. The zero-order valence-corrected chi connectivity index (χ0v) is 15.6. The molecular weight excluding hydrogens is 346 g/mol. The predicted molar refractivity (Wildman–Crippen MR) is 105 cm³/mol. The van der Waals surface area contributed by atoms with Crippen LogP contribution in [0.4, 0.5) is 5.69 Å². The van der Waals surface area contributed by atoms with E-state index in [9.17, 15) is 5.11 Å². The maximum absolute atomic E-state index is 10.0. The van der Waals surface area contributed by atoms with E-state index in [2.05, 4.69) is 15.6 Å². The largest absolute Gasteiger partial charge is 0.508 e. The third-order valence-corrected chi connectivity index (χ3v) is 4.05. The Morgan fingerprint density at radius 1 is 1.15 bits per heavy atom. The predicted octanol–water partition coefficient (Wildman–Crippen LogP) is 3.14. The Hall–Kier alpha value is -3.09. The average molecular weight is 371 g/mol. The van der Waals surface area contributed by atoms with Crippen molar-refractivity contribution in [1.29, 1.82) is 0 Å². The van der Waals surface area contributed by atoms with E-state index in [1.54, 1.807) is 25.3 Å². The molecule has 2 aromatic carbocycles. The molecule has 1 heterocycles. The van der Waals surface area contributed by atoms with Crippen LogP contribution in [0.5, 0.6) is 23.0 Å². The van der Waals surface area contributed by atoms with Gasteiger partial charge in [0.1, 0.15) is 11.5 Å². The van der Waals surface area contributed by atoms with E-state index >= 15 is 0 Å². The molecule has 7 heteroatoms. The van der Waals surface area contributed by atoms with Crippen molar-refractivity contribution in [3.05, 3.63) is 42.0 Å². The van der Waals surface area contributed by atoms with Crippen LogP contribution in [-0.4, -0.2) is 37.9 Å². The molecule has 3 N–H and O–H groups in total. The average Bonchev–Trinajstić information content (AvgIpc) is 2.92. The van der Waals surface area contributed by atoms with Crippen LogP contribution >= 0.6 is 0 Å². The first-order valence-electron chi connectivity index (χ1n) is 9.00. The molecule has 0 aliphatic carbocycles. The van der Waals surface area contributed by atoms with Crippen LogP contribution in [0.2, 0.25) is 0 Å². The van der Waals surface area contributed by atoms with Crippen molar-refractivity contribution < 1.29 is 19.3 Å². The number of hydrogen-bond acceptors (Lipinski definition) is 5. The van der Waals surface area contributed by atoms with Gasteiger partial charge in [-0.15, -0.1) is 0 Å². The molecule has 0 bridgehead atoms. The number of methoxy groups -OCH3 is 1. The molecule has 1 aliphatic heterocycles. The molecule has 0 spiro atoms. The second-order valence-electron chi connectivity index (χ2n) is 6.03. The summed E-state index contributed by atoms with van der Waals surface area (Å²) in [7, 11) is 1.59. The van der Waals surface area contributed by atoms with Crippen molar-refractivity contribution in [2.75, 3.05) is 32.2 Å². The third kappa shape index (κ3) is 4.97. The molecule has 0 atom stereocenters. The van der Waals surface area contributed by atoms with Gasteiger partial charge < -0.3 is 30.0 Å². The molecule has 2 aromatic rings. The van der Waals surface area contributed by atoms with E-state index in [1.165, 1.54) is 0 Å². The van der Waals surface area contributed by atoms with E-state index < -0.39 is 0 Å². The van der Waals surface area contributed by atoms with Gasteiger partial charge in [-0.05, 0) is 37.3 Å². The lowest BCUT2D eigenvalue weighted by atomic mass is 10.2. The van der Waals surface area contributed by atoms with E-state index in [1.807, 2.05) is 25.1 Å². The molecule has 7 nitrogen and oxygen atoms in total. The Balaban J connectivity index is 1.75. The van der Waals surface area contributed by atoms with E-state index in [-0.39, 0.29) is 5.75 Å². The number of anilines is 1. The maximum atomic E-state index is 10.0. The lowest BCUT2D eigenvalue weighted by molar-refractivity contribution is 0.297. The lowest BCUT2D eigenvalue weighted by Gasteiger charge is -2.14. The van der Waals surface area contributed by atoms with Crippen molar-refractivity contribution in [1.82, 2.24) is 5.32 Å². The summed E-state index contributed by atoms with van der Waals surface area (Å²) in [6.45, 7) is 4.31. The molecule has 0 unspecified atom stereocenters. The van der Waals surface area contributed by atoms with Crippen LogP contribution in [0.15, 0.2) is 41.4 Å². The second-order valence-corrected chi connectivity index (χ2v) is 6.03. The number of aromatic hydroxyl groups is 1. The molecule has 0 aromatic heterocycles. The van der Waals surface area contributed by atoms with Crippen LogP contribution in [0.25, 0.3) is 0 Å². The van der Waals surface area contributed by atoms with E-state index in [4.69, 9.17) is 14.2 Å². The zero-order chi connectivity index (χ0) is 19.1. The minimum absolute atomic E-state index is 0.186. The molecule has 0 fully saturated rings. The molecule has 1 aliphatic rings. The third-order valence-electron chi connectivity index (χ3n) is 4.05. The van der Waals surface area contributed by atoms with Crippen molar-refractivity contribution in [3.63, 3.8) is 0 Å². The minimum Gasteiger partial charge on any atom is -0.508 e. The molecular formula is C20H25N3O4. The molecule has 0 saturated heterocycles. The van der Waals surface area contributed by atoms with Gasteiger partial charge in [-0.25, -0.2) is 4.99 Å². The van der Waals surface area contributed by atoms with Gasteiger partial charge in [0.05, 0.1) is 26.9 Å². The summed E-state index contributed by atoms with van der Waals surface area (Å²) in [4.78, 5) is 4.55. The summed E-state index contributed by atoms with van der Waals surface area (Å²) >= 11 is 0. The van der Waals surface area contributed by atoms with Crippen LogP contribution in [0.3, 0.4) is 0 Å². The number of fused-ring (bicyclic) bond motifs is 1. The topological polar surface area (TPSA) is 84.3 Å². The van der Waals surface area contributed by atoms with Crippen LogP contribution in [0, 0.1) is 0 Å². The smallest absolute Gasteiger partial charge is 0.196 e. The lowest BCUT2D eigenvalue weighted by Crippen LogP contribution is -2.30. The van der Waals surface area contributed by atoms with Gasteiger partial charge in [0.2, 0.25) is 0 Å². The number of benzene rings is 2. The number of phenols is 1. The van der Waals surface area contributed by atoms with Crippen molar-refractivity contribution in [2.24, 2.45) is 4.99 Å². The molecule has 27 heavy (non-hydrogen) atoms. The Labute approximate surface area is 159 Å². The summed E-state index contributed by atoms with van der Waals surface area (Å²) < 4.78 is 16.6. The Kier molecular flexibility index (Phi) is 6.25. The van der Waals surface area contributed by atoms with Crippen molar-refractivity contribution in [3.8, 4) is 23.0 Å². The van der Waals surface area contributed by atoms with Gasteiger partial charge in [0, 0.05) is 30.3 Å². The number of hydrogen-bond donors (Lipinski definition) is 3. The van der Waals surface area contributed by atoms with Crippen LogP contribution in [0.1, 0.15) is 18.9 Å². The number of aliphatic imine (C=N–C) groups is 1. The van der Waals surface area contributed by atoms with Crippen molar-refractivity contribution >= 4 is 11.6 Å². The Morgan fingerprint density at radius 3 is 2.74 bits per heavy atom. The van der Waals surface area contributed by atoms with Gasteiger partial charge >= 0.3 is 0 Å². The van der Waals surface area contributed by atoms with Gasteiger partial charge in [0.15, 0.2) is 17.5 Å². The molecule has 0 amide bonds. The fourth-order valence-corrected chi connectivity index (χ4v) is 2.66. The second kappa shape index (κ2) is 9.02. The molecule has 0 saturated carbocycles. The SMILES string of the molecule is CCNC(=NCc1cc(OC)ccc1O)Nc1ccc2c(c1)OCCCO2. The normalized spacial score (nSPS) is 13.6. The standard InChI is InChI=1S/C20H25N3O4/c1-3-21-20(22-13-14-11-16(25-2)6-7-17(14)24)23-15-5-8-18-19(12-15)27-10-4-9-26-18/h5-8,11-12,24H,3-4,9-10,13H2,1-2H3,(H2,21,22,23). The fraction of sp³-hybridized carbons (Fsp3) is 0.350. The molecule has 3 rings (SSSR count). The number of rotatable bonds is 5. The Morgan fingerprint density at radius 2 is 1.96 bits per heavy atom. The van der Waals surface area contributed by atoms with Gasteiger partial charge in [-0.1, -0.05) is 0 Å². The minimum atomic E-state index is 0.186. The van der Waals surface area contributed by atoms with Gasteiger partial charge in [-0.3, -0.25) is 0 Å². The van der Waals surface area contributed by atoms with E-state index in [0.717, 1.165) is 23.6 Å². The summed E-state index contributed by atoms with van der Waals surface area (Å²) in [5.41, 5.74) is 1.53. The highest BCUT2D eigenvalue weighted by molar-refractivity contribution is 5.93. The van der Waals surface area contributed by atoms with E-state index in [0.29, 0.717) is 43.6 Å². The maximum Gasteiger partial charge on any atom is 0.196 e. The zero-order valence-electron chi connectivity index (χ0n) is 15.6. The van der Waals surface area contributed by atoms with Crippen LogP contribution in [-0.2, 0) is 6.54 Å². The number of nitrogens with zero attached hydrogens (tertiary/aromatic N) is 1. The highest BCUT2D eigenvalue weighted by Gasteiger charge is 2.11. The highest BCUT2D eigenvalue weighted by atomic mass is 16.5. The molecule has 0 radical (unpaired) electrons. The first-order valence-corrected chi connectivity index (χ1v) is 9.00. The van der Waals surface area contributed by atoms with Gasteiger partial charge in [-0.2, -0.15) is 0 Å². The summed E-state index contributed by atoms with van der Waals surface area (Å²) in [5.74, 6) is 2.94. The summed E-state index contributed by atoms with van der Waals surface area (Å²) in [5, 5.41) is 16.5. The fourth-order valence-electron chi connectivity index (χ4n) is 2.66. The Bertz CT molecular complexity index is 808.